The van der Waals surface area contributed by atoms with Crippen molar-refractivity contribution in [1.29, 1.82) is 0 Å². The van der Waals surface area contributed by atoms with E-state index in [4.69, 9.17) is 9.47 Å². The van der Waals surface area contributed by atoms with Gasteiger partial charge in [-0.3, -0.25) is 9.89 Å². The van der Waals surface area contributed by atoms with Crippen molar-refractivity contribution in [3.8, 4) is 22.6 Å². The zero-order valence-electron chi connectivity index (χ0n) is 17.3. The third-order valence-corrected chi connectivity index (χ3v) is 6.57. The fraction of sp³-hybridized carbons (Fsp3) is 0.360. The minimum atomic E-state index is 0.146. The van der Waals surface area contributed by atoms with Crippen molar-refractivity contribution in [2.75, 3.05) is 13.2 Å². The summed E-state index contributed by atoms with van der Waals surface area (Å²) in [4.78, 5) is 15.6. The highest BCUT2D eigenvalue weighted by Gasteiger charge is 2.39. The van der Waals surface area contributed by atoms with Crippen LogP contribution in [0, 0.1) is 0 Å². The number of rotatable bonds is 4. The Bertz CT molecular complexity index is 1120. The van der Waals surface area contributed by atoms with Gasteiger partial charge in [-0.05, 0) is 73.1 Å². The predicted octanol–water partition coefficient (Wildman–Crippen LogP) is 4.01. The van der Waals surface area contributed by atoms with Gasteiger partial charge in [0.25, 0.3) is 5.91 Å². The van der Waals surface area contributed by atoms with E-state index in [-0.39, 0.29) is 11.9 Å². The fourth-order valence-corrected chi connectivity index (χ4v) is 4.79. The number of H-pyrrole nitrogens is 1. The van der Waals surface area contributed by atoms with Crippen LogP contribution in [0.5, 0.6) is 11.5 Å². The standard InChI is InChI=1S/C25H25N3O3/c29-25(28(20-6-7-20)21-8-9-22-19(13-21)15-26-27-22)17-3-1-16(2-4-17)18-5-10-23-24(14-18)31-12-11-30-23/h1-5,10,14-15,20-21H,6-9,11-13H2,(H,26,27). The molecule has 0 spiro atoms. The van der Waals surface area contributed by atoms with E-state index in [1.807, 2.05) is 48.7 Å². The number of nitrogens with zero attached hydrogens (tertiary/aromatic N) is 2. The van der Waals surface area contributed by atoms with Crippen LogP contribution in [0.1, 0.15) is 40.9 Å². The number of fused-ring (bicyclic) bond motifs is 2. The molecule has 6 rings (SSSR count). The maximum atomic E-state index is 13.5. The van der Waals surface area contributed by atoms with Crippen molar-refractivity contribution in [3.05, 3.63) is 65.5 Å². The fourth-order valence-electron chi connectivity index (χ4n) is 4.79. The molecule has 158 valence electrons. The zero-order chi connectivity index (χ0) is 20.8. The highest BCUT2D eigenvalue weighted by Crippen LogP contribution is 2.36. The van der Waals surface area contributed by atoms with E-state index in [1.54, 1.807) is 0 Å². The van der Waals surface area contributed by atoms with E-state index < -0.39 is 0 Å². The normalized spacial score (nSPS) is 19.5. The van der Waals surface area contributed by atoms with Crippen molar-refractivity contribution < 1.29 is 14.3 Å². The van der Waals surface area contributed by atoms with Crippen molar-refractivity contribution in [2.24, 2.45) is 0 Å². The van der Waals surface area contributed by atoms with Crippen LogP contribution in [0.25, 0.3) is 11.1 Å². The number of aromatic nitrogens is 2. The zero-order valence-corrected chi connectivity index (χ0v) is 17.3. The molecule has 2 aliphatic carbocycles. The molecule has 1 amide bonds. The molecule has 31 heavy (non-hydrogen) atoms. The van der Waals surface area contributed by atoms with Gasteiger partial charge in [-0.2, -0.15) is 5.10 Å². The van der Waals surface area contributed by atoms with Crippen LogP contribution in [-0.4, -0.2) is 46.3 Å². The molecule has 1 unspecified atom stereocenters. The van der Waals surface area contributed by atoms with Crippen LogP contribution in [0.15, 0.2) is 48.7 Å². The Morgan fingerprint density at radius 1 is 0.935 bits per heavy atom. The molecular formula is C25H25N3O3. The number of hydrogen-bond donors (Lipinski definition) is 1. The van der Waals surface area contributed by atoms with Gasteiger partial charge in [0.15, 0.2) is 11.5 Å². The average molecular weight is 415 g/mol. The molecule has 0 radical (unpaired) electrons. The molecule has 1 N–H and O–H groups in total. The third kappa shape index (κ3) is 3.46. The lowest BCUT2D eigenvalue weighted by Gasteiger charge is -2.34. The lowest BCUT2D eigenvalue weighted by Crippen LogP contribution is -2.44. The Morgan fingerprint density at radius 3 is 2.52 bits per heavy atom. The molecule has 1 atom stereocenters. The number of amides is 1. The molecule has 6 nitrogen and oxygen atoms in total. The molecule has 3 aliphatic rings. The highest BCUT2D eigenvalue weighted by atomic mass is 16.6. The van der Waals surface area contributed by atoms with Crippen LogP contribution in [-0.2, 0) is 12.8 Å². The van der Waals surface area contributed by atoms with Crippen molar-refractivity contribution >= 4 is 5.91 Å². The number of ether oxygens (including phenoxy) is 2. The number of benzene rings is 2. The molecule has 0 saturated heterocycles. The number of hydrogen-bond acceptors (Lipinski definition) is 4. The third-order valence-electron chi connectivity index (χ3n) is 6.57. The Kier molecular flexibility index (Phi) is 4.44. The van der Waals surface area contributed by atoms with E-state index in [0.29, 0.717) is 19.3 Å². The van der Waals surface area contributed by atoms with E-state index in [9.17, 15) is 4.79 Å². The molecule has 1 fully saturated rings. The molecule has 6 heteroatoms. The van der Waals surface area contributed by atoms with Gasteiger partial charge in [0, 0.05) is 23.3 Å². The summed E-state index contributed by atoms with van der Waals surface area (Å²) < 4.78 is 11.3. The van der Waals surface area contributed by atoms with Crippen LogP contribution >= 0.6 is 0 Å². The van der Waals surface area contributed by atoms with Gasteiger partial charge in [-0.25, -0.2) is 0 Å². The first-order valence-corrected chi connectivity index (χ1v) is 11.1. The first-order valence-electron chi connectivity index (χ1n) is 11.1. The van der Waals surface area contributed by atoms with Gasteiger partial charge in [0.1, 0.15) is 13.2 Å². The van der Waals surface area contributed by atoms with Gasteiger partial charge < -0.3 is 14.4 Å². The van der Waals surface area contributed by atoms with Crippen LogP contribution < -0.4 is 9.47 Å². The summed E-state index contributed by atoms with van der Waals surface area (Å²) >= 11 is 0. The Balaban J connectivity index is 1.23. The number of carbonyl (C=O) groups excluding carboxylic acids is 1. The van der Waals surface area contributed by atoms with E-state index in [2.05, 4.69) is 15.1 Å². The minimum absolute atomic E-state index is 0.146. The Morgan fingerprint density at radius 2 is 1.71 bits per heavy atom. The maximum absolute atomic E-state index is 13.5. The second-order valence-electron chi connectivity index (χ2n) is 8.65. The smallest absolute Gasteiger partial charge is 0.254 e. The van der Waals surface area contributed by atoms with Gasteiger partial charge in [-0.15, -0.1) is 0 Å². The topological polar surface area (TPSA) is 67.5 Å². The first kappa shape index (κ1) is 18.5. The molecule has 2 heterocycles. The molecule has 1 aliphatic heterocycles. The lowest BCUT2D eigenvalue weighted by molar-refractivity contribution is 0.0643. The average Bonchev–Trinajstić information content (AvgIpc) is 3.54. The first-order chi connectivity index (χ1) is 15.3. The Hall–Kier alpha value is -3.28. The number of nitrogens with one attached hydrogen (secondary N) is 1. The molecule has 0 bridgehead atoms. The van der Waals surface area contributed by atoms with Crippen LogP contribution in [0.4, 0.5) is 0 Å². The van der Waals surface area contributed by atoms with Gasteiger partial charge in [0.05, 0.1) is 6.20 Å². The largest absolute Gasteiger partial charge is 0.486 e. The highest BCUT2D eigenvalue weighted by molar-refractivity contribution is 5.95. The molecule has 3 aromatic rings. The van der Waals surface area contributed by atoms with Gasteiger partial charge >= 0.3 is 0 Å². The van der Waals surface area contributed by atoms with Gasteiger partial charge in [-0.1, -0.05) is 18.2 Å². The number of aromatic amines is 1. The summed E-state index contributed by atoms with van der Waals surface area (Å²) in [6, 6.07) is 14.6. The van der Waals surface area contributed by atoms with E-state index in [1.165, 1.54) is 11.3 Å². The maximum Gasteiger partial charge on any atom is 0.254 e. The van der Waals surface area contributed by atoms with E-state index in [0.717, 1.165) is 60.3 Å². The SMILES string of the molecule is O=C(c1ccc(-c2ccc3c(c2)OCCO3)cc1)N(C1CC1)C1CCc2[nH]ncc2C1. The quantitative estimate of drug-likeness (QED) is 0.699. The molecule has 2 aromatic carbocycles. The predicted molar refractivity (Wildman–Crippen MR) is 116 cm³/mol. The van der Waals surface area contributed by atoms with Crippen LogP contribution in [0.3, 0.4) is 0 Å². The summed E-state index contributed by atoms with van der Waals surface area (Å²) in [6.45, 7) is 1.16. The summed E-state index contributed by atoms with van der Waals surface area (Å²) in [6.07, 6.45) is 6.97. The van der Waals surface area contributed by atoms with Crippen molar-refractivity contribution in [3.63, 3.8) is 0 Å². The Labute approximate surface area is 181 Å². The van der Waals surface area contributed by atoms with E-state index >= 15 is 0 Å². The lowest BCUT2D eigenvalue weighted by atomic mass is 9.91. The van der Waals surface area contributed by atoms with Crippen molar-refractivity contribution in [1.82, 2.24) is 15.1 Å². The second kappa shape index (κ2) is 7.45. The molecule has 1 aromatic heterocycles. The van der Waals surface area contributed by atoms with Crippen molar-refractivity contribution in [2.45, 2.75) is 44.2 Å². The summed E-state index contributed by atoms with van der Waals surface area (Å²) in [7, 11) is 0. The van der Waals surface area contributed by atoms with Gasteiger partial charge in [0.2, 0.25) is 0 Å². The summed E-state index contributed by atoms with van der Waals surface area (Å²) in [5, 5.41) is 7.27. The summed E-state index contributed by atoms with van der Waals surface area (Å²) in [5.41, 5.74) is 5.35. The minimum Gasteiger partial charge on any atom is -0.486 e. The van der Waals surface area contributed by atoms with Crippen LogP contribution in [0.2, 0.25) is 0 Å². The number of carbonyl (C=O) groups is 1. The number of aryl methyl sites for hydroxylation is 1. The summed E-state index contributed by atoms with van der Waals surface area (Å²) in [5.74, 6) is 1.71. The second-order valence-corrected chi connectivity index (χ2v) is 8.65. The monoisotopic (exact) mass is 415 g/mol. The molecule has 1 saturated carbocycles. The molecular weight excluding hydrogens is 390 g/mol.